The maximum absolute atomic E-state index is 12.8. The number of carboxylic acids is 1. The summed E-state index contributed by atoms with van der Waals surface area (Å²) in [4.78, 5) is 21.6. The van der Waals surface area contributed by atoms with Gasteiger partial charge < -0.3 is 10.4 Å². The summed E-state index contributed by atoms with van der Waals surface area (Å²) in [5, 5.41) is 35.1. The molecule has 1 aliphatic rings. The molecule has 0 saturated heterocycles. The van der Waals surface area contributed by atoms with Crippen molar-refractivity contribution in [3.8, 4) is 0 Å². The number of nitrogens with zero attached hydrogens (tertiary/aromatic N) is 5. The third-order valence-electron chi connectivity index (χ3n) is 4.32. The zero-order valence-electron chi connectivity index (χ0n) is 15.2. The molecule has 13 heteroatoms. The van der Waals surface area contributed by atoms with Crippen molar-refractivity contribution in [3.63, 3.8) is 0 Å². The topological polar surface area (TPSA) is 169 Å². The number of aromatic nitrogens is 2. The molecule has 30 heavy (non-hydrogen) atoms. The molecule has 0 spiro atoms. The van der Waals surface area contributed by atoms with Crippen LogP contribution < -0.4 is 5.32 Å². The van der Waals surface area contributed by atoms with E-state index in [4.69, 9.17) is 5.11 Å². The second-order valence-electron chi connectivity index (χ2n) is 6.22. The number of rotatable bonds is 4. The van der Waals surface area contributed by atoms with Crippen molar-refractivity contribution in [1.82, 2.24) is 9.19 Å². The zero-order valence-corrected chi connectivity index (χ0v) is 16.0. The Labute approximate surface area is 168 Å². The lowest BCUT2D eigenvalue weighted by Crippen LogP contribution is -2.22. The fourth-order valence-electron chi connectivity index (χ4n) is 2.90. The van der Waals surface area contributed by atoms with Gasteiger partial charge >= 0.3 is 5.97 Å². The molecule has 2 N–H and O–H groups in total. The van der Waals surface area contributed by atoms with Crippen LogP contribution in [-0.4, -0.2) is 33.6 Å². The molecule has 12 nitrogen and oxygen atoms in total. The van der Waals surface area contributed by atoms with Crippen LogP contribution in [0.15, 0.2) is 57.6 Å². The van der Waals surface area contributed by atoms with Gasteiger partial charge in [-0.3, -0.25) is 10.1 Å². The van der Waals surface area contributed by atoms with Crippen molar-refractivity contribution in [1.29, 1.82) is 0 Å². The van der Waals surface area contributed by atoms with Gasteiger partial charge in [-0.05, 0) is 31.2 Å². The Morgan fingerprint density at radius 3 is 2.67 bits per heavy atom. The maximum atomic E-state index is 12.8. The molecule has 0 atom stereocenters. The zero-order chi connectivity index (χ0) is 21.6. The van der Waals surface area contributed by atoms with E-state index < -0.39 is 26.6 Å². The van der Waals surface area contributed by atoms with E-state index in [1.165, 1.54) is 13.0 Å². The van der Waals surface area contributed by atoms with Crippen molar-refractivity contribution in [2.24, 2.45) is 10.2 Å². The average molecular weight is 428 g/mol. The predicted molar refractivity (Wildman–Crippen MR) is 104 cm³/mol. The van der Waals surface area contributed by atoms with Gasteiger partial charge in [0.25, 0.3) is 15.7 Å². The van der Waals surface area contributed by atoms with E-state index in [0.717, 1.165) is 22.3 Å². The Kier molecular flexibility index (Phi) is 4.31. The summed E-state index contributed by atoms with van der Waals surface area (Å²) < 4.78 is 26.4. The molecule has 0 radical (unpaired) electrons. The van der Waals surface area contributed by atoms with Crippen LogP contribution in [-0.2, 0) is 10.0 Å². The van der Waals surface area contributed by atoms with Crippen LogP contribution in [0.25, 0.3) is 0 Å². The summed E-state index contributed by atoms with van der Waals surface area (Å²) in [6.07, 6.45) is 0. The summed E-state index contributed by atoms with van der Waals surface area (Å²) in [5.74, 6) is -1.28. The van der Waals surface area contributed by atoms with E-state index in [0.29, 0.717) is 5.69 Å². The van der Waals surface area contributed by atoms with Crippen molar-refractivity contribution < 1.29 is 23.2 Å². The fraction of sp³-hybridized carbons (Fsp3) is 0.0588. The van der Waals surface area contributed by atoms with E-state index in [9.17, 15) is 23.3 Å². The molecule has 2 aromatic carbocycles. The Morgan fingerprint density at radius 1 is 1.23 bits per heavy atom. The van der Waals surface area contributed by atoms with Crippen LogP contribution >= 0.6 is 0 Å². The fourth-order valence-corrected chi connectivity index (χ4v) is 4.34. The first-order valence-electron chi connectivity index (χ1n) is 8.35. The second kappa shape index (κ2) is 6.73. The lowest BCUT2D eigenvalue weighted by atomic mass is 10.2. The van der Waals surface area contributed by atoms with Crippen LogP contribution in [0.5, 0.6) is 0 Å². The first-order chi connectivity index (χ1) is 14.2. The molecule has 1 aliphatic heterocycles. The number of nitrogens with one attached hydrogen (secondary N) is 1. The standard InChI is InChI=1S/C17H12N6O6S/c1-9-15(20-19-11-7-6-10(17(24)25)8-13(11)23(26)27)16-18-12-4-2-3-5-14(12)30(28,29)22(16)21-9/h2-8,18H,1H3,(H,24,25)/b20-19+. The van der Waals surface area contributed by atoms with Gasteiger partial charge in [-0.1, -0.05) is 12.1 Å². The molecule has 3 aromatic rings. The Bertz CT molecular complexity index is 1360. The number of anilines is 2. The minimum atomic E-state index is -3.95. The van der Waals surface area contributed by atoms with Gasteiger partial charge in [0.2, 0.25) is 0 Å². The Hall–Kier alpha value is -4.13. The molecule has 0 saturated carbocycles. The van der Waals surface area contributed by atoms with Gasteiger partial charge in [-0.15, -0.1) is 14.3 Å². The second-order valence-corrected chi connectivity index (χ2v) is 7.95. The van der Waals surface area contributed by atoms with E-state index in [-0.39, 0.29) is 33.3 Å². The van der Waals surface area contributed by atoms with Crippen molar-refractivity contribution in [2.75, 3.05) is 5.32 Å². The first-order valence-corrected chi connectivity index (χ1v) is 9.79. The molecule has 152 valence electrons. The number of fused-ring (bicyclic) bond motifs is 2. The van der Waals surface area contributed by atoms with Crippen molar-refractivity contribution in [3.05, 3.63) is 63.8 Å². The molecule has 0 unspecified atom stereocenters. The number of nitro groups is 1. The number of aromatic carboxylic acids is 1. The smallest absolute Gasteiger partial charge is 0.335 e. The molecular weight excluding hydrogens is 416 g/mol. The molecule has 1 aromatic heterocycles. The minimum Gasteiger partial charge on any atom is -0.478 e. The van der Waals surface area contributed by atoms with Gasteiger partial charge in [0.05, 0.1) is 21.9 Å². The van der Waals surface area contributed by atoms with E-state index in [1.807, 2.05) is 0 Å². The highest BCUT2D eigenvalue weighted by molar-refractivity contribution is 7.90. The number of hydrogen-bond acceptors (Lipinski definition) is 9. The SMILES string of the molecule is Cc1nn2c(c1/N=N/c1ccc(C(=O)O)cc1[N+](=O)[O-])Nc1ccccc1S2(=O)=O. The van der Waals surface area contributed by atoms with E-state index in [1.54, 1.807) is 18.2 Å². The van der Waals surface area contributed by atoms with Crippen LogP contribution in [0, 0.1) is 17.0 Å². The predicted octanol–water partition coefficient (Wildman–Crippen LogP) is 3.51. The minimum absolute atomic E-state index is 0.0414. The van der Waals surface area contributed by atoms with Crippen molar-refractivity contribution >= 4 is 44.6 Å². The molecule has 0 bridgehead atoms. The highest BCUT2D eigenvalue weighted by Crippen LogP contribution is 2.41. The lowest BCUT2D eigenvalue weighted by molar-refractivity contribution is -0.384. The molecule has 2 heterocycles. The van der Waals surface area contributed by atoms with Gasteiger partial charge in [-0.25, -0.2) is 4.79 Å². The Balaban J connectivity index is 1.81. The van der Waals surface area contributed by atoms with Crippen LogP contribution in [0.3, 0.4) is 0 Å². The first kappa shape index (κ1) is 19.2. The van der Waals surface area contributed by atoms with Gasteiger partial charge in [0.15, 0.2) is 17.2 Å². The number of carboxylic acid groups (broad SMARTS) is 1. The molecule has 4 rings (SSSR count). The largest absolute Gasteiger partial charge is 0.478 e. The number of nitro benzene ring substituents is 1. The quantitative estimate of drug-likeness (QED) is 0.282. The third-order valence-corrected chi connectivity index (χ3v) is 5.95. The number of para-hydroxylation sites is 1. The normalized spacial score (nSPS) is 14.0. The van der Waals surface area contributed by atoms with Gasteiger partial charge in [0, 0.05) is 6.07 Å². The number of aryl methyl sites for hydroxylation is 1. The summed E-state index contributed by atoms with van der Waals surface area (Å²) in [6, 6.07) is 9.44. The summed E-state index contributed by atoms with van der Waals surface area (Å²) in [6.45, 7) is 1.52. The summed E-state index contributed by atoms with van der Waals surface area (Å²) >= 11 is 0. The van der Waals surface area contributed by atoms with Gasteiger partial charge in [0.1, 0.15) is 4.90 Å². The van der Waals surface area contributed by atoms with E-state index >= 15 is 0 Å². The number of carbonyl (C=O) groups is 1. The molecule has 0 aliphatic carbocycles. The maximum Gasteiger partial charge on any atom is 0.335 e. The molecule has 0 fully saturated rings. The van der Waals surface area contributed by atoms with Crippen LogP contribution in [0.4, 0.5) is 28.6 Å². The number of azo groups is 1. The third kappa shape index (κ3) is 2.97. The highest BCUT2D eigenvalue weighted by Gasteiger charge is 2.33. The van der Waals surface area contributed by atoms with Gasteiger partial charge in [-0.2, -0.15) is 13.5 Å². The average Bonchev–Trinajstić information content (AvgIpc) is 3.02. The van der Waals surface area contributed by atoms with Crippen molar-refractivity contribution in [2.45, 2.75) is 11.8 Å². The summed E-state index contributed by atoms with van der Waals surface area (Å²) in [5.41, 5.74) is -0.388. The molecule has 0 amide bonds. The Morgan fingerprint density at radius 2 is 1.97 bits per heavy atom. The van der Waals surface area contributed by atoms with Crippen LogP contribution in [0.2, 0.25) is 0 Å². The highest BCUT2D eigenvalue weighted by atomic mass is 32.2. The summed E-state index contributed by atoms with van der Waals surface area (Å²) in [7, 11) is -3.95. The number of hydrogen-bond donors (Lipinski definition) is 2. The van der Waals surface area contributed by atoms with E-state index in [2.05, 4.69) is 20.6 Å². The van der Waals surface area contributed by atoms with Crippen LogP contribution in [0.1, 0.15) is 16.1 Å². The number of benzene rings is 2. The lowest BCUT2D eigenvalue weighted by Gasteiger charge is -2.19. The monoisotopic (exact) mass is 428 g/mol. The molecular formula is C17H12N6O6S.